The normalized spacial score (nSPS) is 22.2. The Bertz CT molecular complexity index is 476. The van der Waals surface area contributed by atoms with E-state index in [0.717, 1.165) is 41.4 Å². The van der Waals surface area contributed by atoms with E-state index in [0.29, 0.717) is 5.78 Å². The molecule has 0 heterocycles. The smallest absolute Gasteiger partial charge is 0.163 e. The Morgan fingerprint density at radius 2 is 2.00 bits per heavy atom. The molecule has 0 saturated heterocycles. The number of carbonyl (C=O) groups excluding carboxylic acids is 1. The summed E-state index contributed by atoms with van der Waals surface area (Å²) in [7, 11) is 4.06. The highest BCUT2D eigenvalue weighted by molar-refractivity contribution is 9.10. The van der Waals surface area contributed by atoms with Gasteiger partial charge in [0.25, 0.3) is 0 Å². The second-order valence-corrected chi connectivity index (χ2v) is 6.35. The first-order valence-electron chi connectivity index (χ1n) is 6.71. The van der Waals surface area contributed by atoms with Gasteiger partial charge in [-0.05, 0) is 62.7 Å². The molecule has 1 aliphatic carbocycles. The first kappa shape index (κ1) is 14.5. The molecule has 0 bridgehead atoms. The Morgan fingerprint density at radius 1 is 1.32 bits per heavy atom. The van der Waals surface area contributed by atoms with Gasteiger partial charge in [-0.25, -0.2) is 0 Å². The number of halogens is 1. The first-order valence-corrected chi connectivity index (χ1v) is 7.50. The van der Waals surface area contributed by atoms with Gasteiger partial charge >= 0.3 is 0 Å². The summed E-state index contributed by atoms with van der Waals surface area (Å²) in [6, 6.07) is 8.11. The standard InChI is InChI=1S/C16H20BrNO/c1-18(2)11-14-5-3-4-13(16(14)19)10-12-6-8-15(17)9-7-12/h6-10,14H,3-5,11H2,1-2H3/b13-10+. The number of rotatable bonds is 3. The summed E-state index contributed by atoms with van der Waals surface area (Å²) in [4.78, 5) is 14.5. The molecule has 0 spiro atoms. The van der Waals surface area contributed by atoms with Crippen molar-refractivity contribution in [2.24, 2.45) is 5.92 Å². The van der Waals surface area contributed by atoms with E-state index in [1.54, 1.807) is 0 Å². The van der Waals surface area contributed by atoms with Crippen molar-refractivity contribution in [1.29, 1.82) is 0 Å². The average Bonchev–Trinajstić information content (AvgIpc) is 2.36. The highest BCUT2D eigenvalue weighted by atomic mass is 79.9. The molecular formula is C16H20BrNO. The molecule has 3 heteroatoms. The lowest BCUT2D eigenvalue weighted by Gasteiger charge is -2.25. The molecule has 0 aliphatic heterocycles. The monoisotopic (exact) mass is 321 g/mol. The van der Waals surface area contributed by atoms with Crippen LogP contribution >= 0.6 is 15.9 Å². The summed E-state index contributed by atoms with van der Waals surface area (Å²) < 4.78 is 1.06. The maximum atomic E-state index is 12.4. The summed E-state index contributed by atoms with van der Waals surface area (Å²) in [5, 5.41) is 0. The number of ketones is 1. The summed E-state index contributed by atoms with van der Waals surface area (Å²) in [5.74, 6) is 0.508. The van der Waals surface area contributed by atoms with Crippen LogP contribution in [0.25, 0.3) is 6.08 Å². The van der Waals surface area contributed by atoms with E-state index < -0.39 is 0 Å². The van der Waals surface area contributed by atoms with E-state index in [9.17, 15) is 4.79 Å². The van der Waals surface area contributed by atoms with Crippen molar-refractivity contribution in [3.05, 3.63) is 39.9 Å². The highest BCUT2D eigenvalue weighted by Gasteiger charge is 2.26. The Morgan fingerprint density at radius 3 is 2.63 bits per heavy atom. The number of Topliss-reactive ketones (excluding diaryl/α,β-unsaturated/α-hetero) is 1. The fraction of sp³-hybridized carbons (Fsp3) is 0.438. The van der Waals surface area contributed by atoms with Crippen molar-refractivity contribution in [2.45, 2.75) is 19.3 Å². The molecule has 1 saturated carbocycles. The zero-order chi connectivity index (χ0) is 13.8. The van der Waals surface area contributed by atoms with Crippen molar-refractivity contribution in [1.82, 2.24) is 4.90 Å². The van der Waals surface area contributed by atoms with E-state index in [-0.39, 0.29) is 5.92 Å². The lowest BCUT2D eigenvalue weighted by molar-refractivity contribution is -0.120. The molecule has 1 fully saturated rings. The quantitative estimate of drug-likeness (QED) is 0.790. The van der Waals surface area contributed by atoms with E-state index in [4.69, 9.17) is 0 Å². The predicted molar refractivity (Wildman–Crippen MR) is 83.0 cm³/mol. The third kappa shape index (κ3) is 4.02. The van der Waals surface area contributed by atoms with Crippen LogP contribution in [0.5, 0.6) is 0 Å². The van der Waals surface area contributed by atoms with Gasteiger partial charge in [0.15, 0.2) is 5.78 Å². The second-order valence-electron chi connectivity index (χ2n) is 5.44. The van der Waals surface area contributed by atoms with E-state index in [2.05, 4.69) is 26.9 Å². The number of hydrogen-bond donors (Lipinski definition) is 0. The van der Waals surface area contributed by atoms with E-state index in [1.807, 2.05) is 38.4 Å². The topological polar surface area (TPSA) is 20.3 Å². The molecule has 1 unspecified atom stereocenters. The van der Waals surface area contributed by atoms with Gasteiger partial charge in [-0.2, -0.15) is 0 Å². The lowest BCUT2D eigenvalue weighted by Crippen LogP contribution is -2.31. The molecule has 0 N–H and O–H groups in total. The van der Waals surface area contributed by atoms with Crippen molar-refractivity contribution < 1.29 is 4.79 Å². The molecule has 1 atom stereocenters. The van der Waals surface area contributed by atoms with Crippen LogP contribution < -0.4 is 0 Å². The molecule has 2 nitrogen and oxygen atoms in total. The number of benzene rings is 1. The van der Waals surface area contributed by atoms with Crippen LogP contribution in [0.2, 0.25) is 0 Å². The molecule has 1 aromatic carbocycles. The summed E-state index contributed by atoms with van der Waals surface area (Å²) in [6.45, 7) is 0.858. The zero-order valence-corrected chi connectivity index (χ0v) is 13.1. The molecule has 0 amide bonds. The van der Waals surface area contributed by atoms with Gasteiger partial charge in [0.2, 0.25) is 0 Å². The molecule has 2 rings (SSSR count). The van der Waals surface area contributed by atoms with Crippen molar-refractivity contribution in [3.8, 4) is 0 Å². The Hall–Kier alpha value is -0.930. The van der Waals surface area contributed by atoms with E-state index in [1.165, 1.54) is 0 Å². The number of nitrogens with zero attached hydrogens (tertiary/aromatic N) is 1. The molecule has 0 aromatic heterocycles. The molecule has 0 radical (unpaired) electrons. The van der Waals surface area contributed by atoms with Crippen LogP contribution in [-0.4, -0.2) is 31.3 Å². The first-order chi connectivity index (χ1) is 9.06. The van der Waals surface area contributed by atoms with Gasteiger partial charge < -0.3 is 4.90 Å². The van der Waals surface area contributed by atoms with Gasteiger partial charge in [0.05, 0.1) is 0 Å². The van der Waals surface area contributed by atoms with Crippen LogP contribution in [0.3, 0.4) is 0 Å². The van der Waals surface area contributed by atoms with Crippen molar-refractivity contribution in [3.63, 3.8) is 0 Å². The molecular weight excluding hydrogens is 302 g/mol. The van der Waals surface area contributed by atoms with Crippen LogP contribution in [0, 0.1) is 5.92 Å². The summed E-state index contributed by atoms with van der Waals surface area (Å²) >= 11 is 3.43. The Kier molecular flexibility index (Phi) is 4.94. The minimum absolute atomic E-state index is 0.172. The predicted octanol–water partition coefficient (Wildman–Crippen LogP) is 3.76. The van der Waals surface area contributed by atoms with Crippen LogP contribution in [0.15, 0.2) is 34.3 Å². The fourth-order valence-corrected chi connectivity index (χ4v) is 2.84. The third-order valence-electron chi connectivity index (χ3n) is 3.48. The zero-order valence-electron chi connectivity index (χ0n) is 11.5. The number of carbonyl (C=O) groups is 1. The highest BCUT2D eigenvalue weighted by Crippen LogP contribution is 2.27. The summed E-state index contributed by atoms with van der Waals surface area (Å²) in [5.41, 5.74) is 2.09. The molecule has 102 valence electrons. The van der Waals surface area contributed by atoms with Gasteiger partial charge in [-0.15, -0.1) is 0 Å². The molecule has 1 aliphatic rings. The van der Waals surface area contributed by atoms with E-state index >= 15 is 0 Å². The SMILES string of the molecule is CN(C)CC1CCC/C(=C\c2ccc(Br)cc2)C1=O. The Balaban J connectivity index is 2.14. The number of allylic oxidation sites excluding steroid dienone is 1. The van der Waals surface area contributed by atoms with Gasteiger partial charge in [-0.1, -0.05) is 28.1 Å². The molecule has 1 aromatic rings. The van der Waals surface area contributed by atoms with Crippen LogP contribution in [-0.2, 0) is 4.79 Å². The Labute approximate surface area is 123 Å². The minimum Gasteiger partial charge on any atom is -0.309 e. The molecule has 19 heavy (non-hydrogen) atoms. The van der Waals surface area contributed by atoms with Crippen LogP contribution in [0.1, 0.15) is 24.8 Å². The van der Waals surface area contributed by atoms with Gasteiger partial charge in [0, 0.05) is 16.9 Å². The van der Waals surface area contributed by atoms with Crippen molar-refractivity contribution >= 4 is 27.8 Å². The fourth-order valence-electron chi connectivity index (χ4n) is 2.57. The van der Waals surface area contributed by atoms with Crippen molar-refractivity contribution in [2.75, 3.05) is 20.6 Å². The third-order valence-corrected chi connectivity index (χ3v) is 4.01. The lowest BCUT2D eigenvalue weighted by atomic mass is 9.83. The maximum Gasteiger partial charge on any atom is 0.163 e. The number of hydrogen-bond acceptors (Lipinski definition) is 2. The average molecular weight is 322 g/mol. The van der Waals surface area contributed by atoms with Gasteiger partial charge in [0.1, 0.15) is 0 Å². The largest absolute Gasteiger partial charge is 0.309 e. The summed E-state index contributed by atoms with van der Waals surface area (Å²) in [6.07, 6.45) is 5.11. The van der Waals surface area contributed by atoms with Crippen LogP contribution in [0.4, 0.5) is 0 Å². The minimum atomic E-state index is 0.172. The second kappa shape index (κ2) is 6.49. The van der Waals surface area contributed by atoms with Gasteiger partial charge in [-0.3, -0.25) is 4.79 Å². The maximum absolute atomic E-state index is 12.4.